The van der Waals surface area contributed by atoms with Crippen LogP contribution in [0.2, 0.25) is 0 Å². The van der Waals surface area contributed by atoms with Crippen molar-refractivity contribution >= 4 is 22.1 Å². The van der Waals surface area contributed by atoms with Crippen molar-refractivity contribution in [3.05, 3.63) is 17.3 Å². The topological polar surface area (TPSA) is 40.8 Å². The molecular weight excluding hydrogens is 222 g/mol. The van der Waals surface area contributed by atoms with Gasteiger partial charge in [-0.3, -0.25) is 4.40 Å². The normalized spacial score (nSPS) is 10.6. The maximum Gasteiger partial charge on any atom is 0.195 e. The van der Waals surface area contributed by atoms with Gasteiger partial charge in [-0.15, -0.1) is 17.8 Å². The first-order valence-electron chi connectivity index (χ1n) is 5.05. The third-order valence-corrected chi connectivity index (χ3v) is 3.21. The molecule has 16 heavy (non-hydrogen) atoms. The molecule has 1 N–H and O–H groups in total. The predicted octanol–water partition coefficient (Wildman–Crippen LogP) is 1.35. The zero-order valence-corrected chi connectivity index (χ0v) is 9.87. The number of aliphatic hydroxyl groups is 1. The molecule has 0 atom stereocenters. The summed E-state index contributed by atoms with van der Waals surface area (Å²) >= 11 is 1.55. The lowest BCUT2D eigenvalue weighted by molar-refractivity contribution is 0.276. The van der Waals surface area contributed by atoms with E-state index in [2.05, 4.69) is 10.9 Å². The number of rotatable bonds is 4. The number of anilines is 1. The van der Waals surface area contributed by atoms with Gasteiger partial charge in [0.15, 0.2) is 10.8 Å². The van der Waals surface area contributed by atoms with E-state index in [4.69, 9.17) is 6.42 Å². The molecule has 2 heterocycles. The molecule has 84 valence electrons. The summed E-state index contributed by atoms with van der Waals surface area (Å²) in [7, 11) is 0. The van der Waals surface area contributed by atoms with Gasteiger partial charge in [-0.05, 0) is 6.92 Å². The van der Waals surface area contributed by atoms with Crippen LogP contribution in [0, 0.1) is 12.3 Å². The second-order valence-corrected chi connectivity index (χ2v) is 4.19. The van der Waals surface area contributed by atoms with Crippen LogP contribution in [0.1, 0.15) is 12.6 Å². The second-order valence-electron chi connectivity index (χ2n) is 3.31. The van der Waals surface area contributed by atoms with Gasteiger partial charge in [-0.25, -0.2) is 4.98 Å². The Labute approximate surface area is 98.2 Å². The standard InChI is InChI=1S/C11H13N3OS/c1-3-5-13(4-2)10-9(8-15)14-6-7-16-11(14)12-10/h1,6-7,15H,4-5,8H2,2H3. The van der Waals surface area contributed by atoms with E-state index in [1.54, 1.807) is 11.3 Å². The Kier molecular flexibility index (Phi) is 3.13. The molecule has 0 fully saturated rings. The molecule has 4 nitrogen and oxygen atoms in total. The van der Waals surface area contributed by atoms with Gasteiger partial charge in [-0.2, -0.15) is 0 Å². The molecule has 0 spiro atoms. The Balaban J connectivity index is 2.50. The number of fused-ring (bicyclic) bond motifs is 1. The summed E-state index contributed by atoms with van der Waals surface area (Å²) in [5, 5.41) is 11.3. The summed E-state index contributed by atoms with van der Waals surface area (Å²) in [6.07, 6.45) is 7.23. The average Bonchev–Trinajstić information content (AvgIpc) is 2.85. The van der Waals surface area contributed by atoms with Crippen molar-refractivity contribution in [3.63, 3.8) is 0 Å². The predicted molar refractivity (Wildman–Crippen MR) is 65.7 cm³/mol. The first-order valence-corrected chi connectivity index (χ1v) is 5.93. The molecule has 0 saturated heterocycles. The minimum atomic E-state index is -0.0334. The summed E-state index contributed by atoms with van der Waals surface area (Å²) in [6, 6.07) is 0. The van der Waals surface area contributed by atoms with E-state index >= 15 is 0 Å². The fourth-order valence-electron chi connectivity index (χ4n) is 1.67. The van der Waals surface area contributed by atoms with Crippen LogP contribution in [0.15, 0.2) is 11.6 Å². The quantitative estimate of drug-likeness (QED) is 0.813. The van der Waals surface area contributed by atoms with E-state index in [0.29, 0.717) is 6.54 Å². The maximum absolute atomic E-state index is 9.40. The largest absolute Gasteiger partial charge is 0.390 e. The molecule has 2 rings (SSSR count). The lowest BCUT2D eigenvalue weighted by Crippen LogP contribution is -2.24. The van der Waals surface area contributed by atoms with Crippen LogP contribution >= 0.6 is 11.3 Å². The van der Waals surface area contributed by atoms with Gasteiger partial charge in [0.1, 0.15) is 0 Å². The summed E-state index contributed by atoms with van der Waals surface area (Å²) in [6.45, 7) is 3.27. The molecule has 0 amide bonds. The molecule has 0 radical (unpaired) electrons. The SMILES string of the molecule is C#CCN(CC)c1nc2sccn2c1CO. The van der Waals surface area contributed by atoms with Gasteiger partial charge < -0.3 is 10.0 Å². The first kappa shape index (κ1) is 11.0. The van der Waals surface area contributed by atoms with Crippen LogP contribution in [-0.2, 0) is 6.61 Å². The van der Waals surface area contributed by atoms with Crippen LogP contribution in [0.3, 0.4) is 0 Å². The van der Waals surface area contributed by atoms with Gasteiger partial charge in [0.05, 0.1) is 18.8 Å². The lowest BCUT2D eigenvalue weighted by atomic mass is 10.4. The number of aliphatic hydroxyl groups excluding tert-OH is 1. The van der Waals surface area contributed by atoms with Gasteiger partial charge in [-0.1, -0.05) is 5.92 Å². The van der Waals surface area contributed by atoms with Crippen molar-refractivity contribution in [1.29, 1.82) is 0 Å². The Morgan fingerprint density at radius 1 is 1.69 bits per heavy atom. The first-order chi connectivity index (χ1) is 7.81. The van der Waals surface area contributed by atoms with Gasteiger partial charge in [0, 0.05) is 18.1 Å². The van der Waals surface area contributed by atoms with Crippen molar-refractivity contribution < 1.29 is 5.11 Å². The molecule has 0 aliphatic carbocycles. The molecule has 0 aliphatic heterocycles. The van der Waals surface area contributed by atoms with Crippen LogP contribution in [0.25, 0.3) is 4.96 Å². The highest BCUT2D eigenvalue weighted by molar-refractivity contribution is 7.15. The van der Waals surface area contributed by atoms with Crippen LogP contribution in [0.5, 0.6) is 0 Å². The zero-order chi connectivity index (χ0) is 11.5. The van der Waals surface area contributed by atoms with Crippen LogP contribution < -0.4 is 4.90 Å². The molecule has 0 aromatic carbocycles. The fourth-order valence-corrected chi connectivity index (χ4v) is 2.40. The van der Waals surface area contributed by atoms with Crippen LogP contribution in [-0.4, -0.2) is 27.6 Å². The number of hydrogen-bond donors (Lipinski definition) is 1. The van der Waals surface area contributed by atoms with Gasteiger partial charge in [0.25, 0.3) is 0 Å². The average molecular weight is 235 g/mol. The minimum Gasteiger partial charge on any atom is -0.390 e. The number of hydrogen-bond acceptors (Lipinski definition) is 4. The van der Waals surface area contributed by atoms with E-state index in [1.165, 1.54) is 0 Å². The summed E-state index contributed by atoms with van der Waals surface area (Å²) in [4.78, 5) is 7.35. The van der Waals surface area contributed by atoms with Gasteiger partial charge >= 0.3 is 0 Å². The highest BCUT2D eigenvalue weighted by atomic mass is 32.1. The van der Waals surface area contributed by atoms with E-state index in [1.807, 2.05) is 27.8 Å². The van der Waals surface area contributed by atoms with Crippen molar-refractivity contribution in [2.24, 2.45) is 0 Å². The second kappa shape index (κ2) is 4.56. The molecule has 5 heteroatoms. The third-order valence-electron chi connectivity index (χ3n) is 2.45. The minimum absolute atomic E-state index is 0.0334. The van der Waals surface area contributed by atoms with Crippen molar-refractivity contribution in [1.82, 2.24) is 9.38 Å². The molecule has 2 aromatic heterocycles. The van der Waals surface area contributed by atoms with Gasteiger partial charge in [0.2, 0.25) is 0 Å². The number of terminal acetylenes is 1. The Morgan fingerprint density at radius 2 is 2.50 bits per heavy atom. The molecular formula is C11H13N3OS. The number of aromatic nitrogens is 2. The molecule has 2 aromatic rings. The smallest absolute Gasteiger partial charge is 0.195 e. The van der Waals surface area contributed by atoms with E-state index in [0.717, 1.165) is 23.0 Å². The third kappa shape index (κ3) is 1.66. The van der Waals surface area contributed by atoms with Crippen molar-refractivity contribution in [2.75, 3.05) is 18.0 Å². The highest BCUT2D eigenvalue weighted by Crippen LogP contribution is 2.24. The Bertz CT molecular complexity index is 523. The number of thiazole rings is 1. The maximum atomic E-state index is 9.40. The summed E-state index contributed by atoms with van der Waals surface area (Å²) in [5.41, 5.74) is 0.799. The molecule has 0 aliphatic rings. The molecule has 0 unspecified atom stereocenters. The lowest BCUT2D eigenvalue weighted by Gasteiger charge is -2.18. The van der Waals surface area contributed by atoms with Crippen molar-refractivity contribution in [3.8, 4) is 12.3 Å². The fraction of sp³-hybridized carbons (Fsp3) is 0.364. The van der Waals surface area contributed by atoms with E-state index in [9.17, 15) is 5.11 Å². The van der Waals surface area contributed by atoms with Crippen molar-refractivity contribution in [2.45, 2.75) is 13.5 Å². The molecule has 0 bridgehead atoms. The number of nitrogens with zero attached hydrogens (tertiary/aromatic N) is 3. The number of imidazole rings is 1. The molecule has 0 saturated carbocycles. The Hall–Kier alpha value is -1.51. The Morgan fingerprint density at radius 3 is 3.12 bits per heavy atom. The highest BCUT2D eigenvalue weighted by Gasteiger charge is 2.16. The van der Waals surface area contributed by atoms with E-state index in [-0.39, 0.29) is 6.61 Å². The van der Waals surface area contributed by atoms with E-state index < -0.39 is 0 Å². The summed E-state index contributed by atoms with van der Waals surface area (Å²) < 4.78 is 1.90. The zero-order valence-electron chi connectivity index (χ0n) is 9.05. The van der Waals surface area contributed by atoms with Crippen LogP contribution in [0.4, 0.5) is 5.82 Å². The summed E-state index contributed by atoms with van der Waals surface area (Å²) in [5.74, 6) is 3.39. The monoisotopic (exact) mass is 235 g/mol.